The van der Waals surface area contributed by atoms with E-state index in [4.69, 9.17) is 21.4 Å². The van der Waals surface area contributed by atoms with Crippen LogP contribution in [0.1, 0.15) is 6.42 Å². The van der Waals surface area contributed by atoms with E-state index in [9.17, 15) is 0 Å². The molecule has 5 nitrogen and oxygen atoms in total. The Kier molecular flexibility index (Phi) is 5.31. The highest BCUT2D eigenvalue weighted by molar-refractivity contribution is 6.29. The van der Waals surface area contributed by atoms with E-state index in [-0.39, 0.29) is 12.6 Å². The Bertz CT molecular complexity index is 292. The minimum Gasteiger partial charge on any atom is -0.396 e. The molecule has 1 unspecified atom stereocenters. The van der Waals surface area contributed by atoms with Crippen LogP contribution in [0, 0.1) is 0 Å². The van der Waals surface area contributed by atoms with Crippen molar-refractivity contribution in [3.63, 3.8) is 0 Å². The largest absolute Gasteiger partial charge is 0.396 e. The molecule has 0 amide bonds. The molecule has 1 atom stereocenters. The monoisotopic (exact) mass is 231 g/mol. The molecule has 0 aliphatic carbocycles. The number of rotatable bonds is 6. The lowest BCUT2D eigenvalue weighted by molar-refractivity contribution is 0.170. The number of hydrogen-bond acceptors (Lipinski definition) is 5. The van der Waals surface area contributed by atoms with Crippen LogP contribution in [0.2, 0.25) is 5.15 Å². The molecule has 0 aromatic carbocycles. The third-order valence-corrected chi connectivity index (χ3v) is 1.98. The Morgan fingerprint density at radius 3 is 3.00 bits per heavy atom. The number of aliphatic hydroxyl groups excluding tert-OH is 1. The molecule has 6 heteroatoms. The molecule has 0 radical (unpaired) electrons. The third-order valence-electron chi connectivity index (χ3n) is 1.80. The van der Waals surface area contributed by atoms with Crippen molar-refractivity contribution in [2.45, 2.75) is 12.5 Å². The van der Waals surface area contributed by atoms with Gasteiger partial charge in [-0.05, 0) is 6.42 Å². The van der Waals surface area contributed by atoms with Crippen LogP contribution in [0.3, 0.4) is 0 Å². The molecular weight excluding hydrogens is 218 g/mol. The second kappa shape index (κ2) is 6.55. The number of ether oxygens (including phenoxy) is 1. The quantitative estimate of drug-likeness (QED) is 0.763. The van der Waals surface area contributed by atoms with E-state index >= 15 is 0 Å². The summed E-state index contributed by atoms with van der Waals surface area (Å²) in [5.74, 6) is 0.581. The van der Waals surface area contributed by atoms with Crippen molar-refractivity contribution in [1.29, 1.82) is 0 Å². The van der Waals surface area contributed by atoms with Crippen molar-refractivity contribution in [3.8, 4) is 0 Å². The summed E-state index contributed by atoms with van der Waals surface area (Å²) in [4.78, 5) is 7.93. The zero-order valence-corrected chi connectivity index (χ0v) is 9.24. The van der Waals surface area contributed by atoms with E-state index in [1.807, 2.05) is 0 Å². The van der Waals surface area contributed by atoms with E-state index in [0.29, 0.717) is 24.0 Å². The molecule has 1 rings (SSSR count). The fourth-order valence-corrected chi connectivity index (χ4v) is 1.32. The molecule has 0 aliphatic heterocycles. The molecule has 84 valence electrons. The van der Waals surface area contributed by atoms with Crippen LogP contribution in [-0.2, 0) is 4.74 Å². The van der Waals surface area contributed by atoms with Gasteiger partial charge in [0.25, 0.3) is 0 Å². The maximum absolute atomic E-state index is 8.84. The average Bonchev–Trinajstić information content (AvgIpc) is 2.18. The summed E-state index contributed by atoms with van der Waals surface area (Å²) in [5, 5.41) is 12.3. The molecule has 1 aromatic heterocycles. The first-order valence-corrected chi connectivity index (χ1v) is 4.98. The second-order valence-electron chi connectivity index (χ2n) is 3.04. The minimum atomic E-state index is 0.00719. The van der Waals surface area contributed by atoms with Crippen molar-refractivity contribution in [3.05, 3.63) is 17.5 Å². The van der Waals surface area contributed by atoms with Crippen LogP contribution >= 0.6 is 11.6 Å². The van der Waals surface area contributed by atoms with Gasteiger partial charge >= 0.3 is 0 Å². The van der Waals surface area contributed by atoms with Crippen LogP contribution in [0.15, 0.2) is 12.4 Å². The molecule has 0 aliphatic rings. The fourth-order valence-electron chi connectivity index (χ4n) is 1.18. The summed E-state index contributed by atoms with van der Waals surface area (Å²) in [6, 6.07) is 0.00719. The molecule has 0 spiro atoms. The standard InChI is InChI=1S/C9H14ClN3O2/c1-15-6-7(2-3-14)12-9-5-11-4-8(10)13-9/h4-5,7,14H,2-3,6H2,1H3,(H,12,13). The van der Waals surface area contributed by atoms with Gasteiger partial charge in [0.2, 0.25) is 0 Å². The Morgan fingerprint density at radius 2 is 2.40 bits per heavy atom. The highest BCUT2D eigenvalue weighted by atomic mass is 35.5. The van der Waals surface area contributed by atoms with Gasteiger partial charge in [-0.2, -0.15) is 0 Å². The molecular formula is C9H14ClN3O2. The van der Waals surface area contributed by atoms with E-state index in [2.05, 4.69) is 15.3 Å². The number of nitrogens with zero attached hydrogens (tertiary/aromatic N) is 2. The number of methoxy groups -OCH3 is 1. The van der Waals surface area contributed by atoms with E-state index in [0.717, 1.165) is 0 Å². The topological polar surface area (TPSA) is 67.3 Å². The van der Waals surface area contributed by atoms with Crippen molar-refractivity contribution in [2.24, 2.45) is 0 Å². The Hall–Kier alpha value is -0.910. The van der Waals surface area contributed by atoms with Crippen LogP contribution in [-0.4, -0.2) is 41.4 Å². The smallest absolute Gasteiger partial charge is 0.149 e. The number of aliphatic hydroxyl groups is 1. The second-order valence-corrected chi connectivity index (χ2v) is 3.42. The number of anilines is 1. The predicted octanol–water partition coefficient (Wildman–Crippen LogP) is 0.939. The zero-order valence-electron chi connectivity index (χ0n) is 8.48. The Morgan fingerprint density at radius 1 is 1.60 bits per heavy atom. The van der Waals surface area contributed by atoms with Crippen molar-refractivity contribution in [1.82, 2.24) is 9.97 Å². The highest BCUT2D eigenvalue weighted by Crippen LogP contribution is 2.09. The zero-order chi connectivity index (χ0) is 11.1. The van der Waals surface area contributed by atoms with Crippen LogP contribution in [0.25, 0.3) is 0 Å². The van der Waals surface area contributed by atoms with Gasteiger partial charge in [0.1, 0.15) is 11.0 Å². The predicted molar refractivity (Wildman–Crippen MR) is 58.0 cm³/mol. The lowest BCUT2D eigenvalue weighted by atomic mass is 10.2. The van der Waals surface area contributed by atoms with Gasteiger partial charge in [-0.25, -0.2) is 4.98 Å². The number of nitrogens with one attached hydrogen (secondary N) is 1. The Labute approximate surface area is 93.5 Å². The van der Waals surface area contributed by atoms with Crippen LogP contribution < -0.4 is 5.32 Å². The third kappa shape index (κ3) is 4.42. The van der Waals surface area contributed by atoms with Crippen molar-refractivity contribution in [2.75, 3.05) is 25.6 Å². The van der Waals surface area contributed by atoms with E-state index in [1.54, 1.807) is 13.3 Å². The summed E-state index contributed by atoms with van der Waals surface area (Å²) in [6.07, 6.45) is 3.62. The first-order valence-electron chi connectivity index (χ1n) is 4.60. The summed E-state index contributed by atoms with van der Waals surface area (Å²) in [7, 11) is 1.61. The van der Waals surface area contributed by atoms with Gasteiger partial charge in [-0.1, -0.05) is 11.6 Å². The molecule has 0 saturated heterocycles. The molecule has 15 heavy (non-hydrogen) atoms. The maximum atomic E-state index is 8.84. The normalized spacial score (nSPS) is 12.5. The summed E-state index contributed by atoms with van der Waals surface area (Å²) in [6.45, 7) is 0.587. The fraction of sp³-hybridized carbons (Fsp3) is 0.556. The van der Waals surface area contributed by atoms with Gasteiger partial charge in [-0.3, -0.25) is 4.98 Å². The van der Waals surface area contributed by atoms with Gasteiger partial charge in [0, 0.05) is 13.7 Å². The van der Waals surface area contributed by atoms with E-state index < -0.39 is 0 Å². The van der Waals surface area contributed by atoms with Crippen LogP contribution in [0.5, 0.6) is 0 Å². The van der Waals surface area contributed by atoms with Gasteiger partial charge in [-0.15, -0.1) is 0 Å². The minimum absolute atomic E-state index is 0.00719. The molecule has 1 aromatic rings. The SMILES string of the molecule is COCC(CCO)Nc1cncc(Cl)n1. The van der Waals surface area contributed by atoms with Crippen molar-refractivity contribution >= 4 is 17.4 Å². The number of aromatic nitrogens is 2. The Balaban J connectivity index is 2.56. The first-order chi connectivity index (χ1) is 7.26. The van der Waals surface area contributed by atoms with Gasteiger partial charge in [0.15, 0.2) is 0 Å². The van der Waals surface area contributed by atoms with Gasteiger partial charge < -0.3 is 15.2 Å². The lowest BCUT2D eigenvalue weighted by Crippen LogP contribution is -2.26. The molecule has 0 fully saturated rings. The molecule has 1 heterocycles. The van der Waals surface area contributed by atoms with Crippen LogP contribution in [0.4, 0.5) is 5.82 Å². The lowest BCUT2D eigenvalue weighted by Gasteiger charge is -2.16. The number of halogens is 1. The summed E-state index contributed by atoms with van der Waals surface area (Å²) in [5.41, 5.74) is 0. The summed E-state index contributed by atoms with van der Waals surface area (Å²) >= 11 is 5.69. The summed E-state index contributed by atoms with van der Waals surface area (Å²) < 4.78 is 5.00. The van der Waals surface area contributed by atoms with Crippen molar-refractivity contribution < 1.29 is 9.84 Å². The molecule has 0 saturated carbocycles. The average molecular weight is 232 g/mol. The van der Waals surface area contributed by atoms with Gasteiger partial charge in [0.05, 0.1) is 25.0 Å². The highest BCUT2D eigenvalue weighted by Gasteiger charge is 2.08. The maximum Gasteiger partial charge on any atom is 0.149 e. The number of hydrogen-bond donors (Lipinski definition) is 2. The first kappa shape index (κ1) is 12.2. The van der Waals surface area contributed by atoms with E-state index in [1.165, 1.54) is 6.20 Å². The molecule has 2 N–H and O–H groups in total. The molecule has 0 bridgehead atoms.